The summed E-state index contributed by atoms with van der Waals surface area (Å²) < 4.78 is 13.4. The number of hydrogen-bond donors (Lipinski definition) is 1. The molecule has 2 amide bonds. The lowest BCUT2D eigenvalue weighted by molar-refractivity contribution is 0.0832. The average molecular weight is 370 g/mol. The molecule has 1 aliphatic carbocycles. The number of rotatable bonds is 3. The summed E-state index contributed by atoms with van der Waals surface area (Å²) >= 11 is 0. The smallest absolute Gasteiger partial charge is 0.323 e. The van der Waals surface area contributed by atoms with Gasteiger partial charge in [-0.15, -0.1) is 0 Å². The number of ether oxygens (including phenoxy) is 2. The molecule has 1 aromatic heterocycles. The SMILES string of the molecule is COc1ccc2c(c1)OC(C)(C)CN(C(=O)Nc1ccn(C3CCC3)n1)C2. The third-order valence-corrected chi connectivity index (χ3v) is 5.17. The lowest BCUT2D eigenvalue weighted by atomic mass is 9.93. The molecule has 0 radical (unpaired) electrons. The van der Waals surface area contributed by atoms with Crippen molar-refractivity contribution in [3.05, 3.63) is 36.0 Å². The number of urea groups is 1. The average Bonchev–Trinajstić information content (AvgIpc) is 2.95. The Kier molecular flexibility index (Phi) is 4.45. The number of benzene rings is 1. The molecule has 0 bridgehead atoms. The predicted octanol–water partition coefficient (Wildman–Crippen LogP) is 3.82. The molecule has 2 heterocycles. The highest BCUT2D eigenvalue weighted by Crippen LogP contribution is 2.33. The Morgan fingerprint density at radius 3 is 2.85 bits per heavy atom. The molecule has 2 aliphatic rings. The molecule has 7 nitrogen and oxygen atoms in total. The summed E-state index contributed by atoms with van der Waals surface area (Å²) in [6, 6.07) is 7.86. The maximum Gasteiger partial charge on any atom is 0.323 e. The predicted molar refractivity (Wildman–Crippen MR) is 102 cm³/mol. The molecule has 1 saturated carbocycles. The van der Waals surface area contributed by atoms with Gasteiger partial charge in [0.1, 0.15) is 17.1 Å². The van der Waals surface area contributed by atoms with Gasteiger partial charge in [-0.1, -0.05) is 0 Å². The van der Waals surface area contributed by atoms with Crippen LogP contribution < -0.4 is 14.8 Å². The summed E-state index contributed by atoms with van der Waals surface area (Å²) in [4.78, 5) is 14.7. The van der Waals surface area contributed by atoms with Crippen molar-refractivity contribution in [2.45, 2.75) is 51.3 Å². The fourth-order valence-electron chi connectivity index (χ4n) is 3.53. The van der Waals surface area contributed by atoms with Crippen LogP contribution in [0.4, 0.5) is 10.6 Å². The zero-order chi connectivity index (χ0) is 19.0. The second-order valence-electron chi connectivity index (χ2n) is 7.89. The van der Waals surface area contributed by atoms with Crippen LogP contribution >= 0.6 is 0 Å². The Morgan fingerprint density at radius 2 is 2.15 bits per heavy atom. The molecule has 0 saturated heterocycles. The lowest BCUT2D eigenvalue weighted by Gasteiger charge is -2.29. The minimum absolute atomic E-state index is 0.172. The molecular weight excluding hydrogens is 344 g/mol. The minimum Gasteiger partial charge on any atom is -0.497 e. The minimum atomic E-state index is -0.514. The first-order chi connectivity index (χ1) is 12.9. The van der Waals surface area contributed by atoms with E-state index in [2.05, 4.69) is 10.4 Å². The summed E-state index contributed by atoms with van der Waals surface area (Å²) in [6.45, 7) is 4.90. The maximum absolute atomic E-state index is 12.9. The van der Waals surface area contributed by atoms with Crippen molar-refractivity contribution in [1.82, 2.24) is 14.7 Å². The Bertz CT molecular complexity index is 842. The molecule has 1 N–H and O–H groups in total. The van der Waals surface area contributed by atoms with E-state index >= 15 is 0 Å². The van der Waals surface area contributed by atoms with Crippen molar-refractivity contribution in [2.75, 3.05) is 19.0 Å². The van der Waals surface area contributed by atoms with Crippen LogP contribution in [0.25, 0.3) is 0 Å². The molecule has 0 spiro atoms. The first-order valence-electron chi connectivity index (χ1n) is 9.40. The summed E-state index contributed by atoms with van der Waals surface area (Å²) in [5.41, 5.74) is 0.441. The van der Waals surface area contributed by atoms with Crippen LogP contribution in [0.2, 0.25) is 0 Å². The van der Waals surface area contributed by atoms with Crippen LogP contribution in [0, 0.1) is 0 Å². The van der Waals surface area contributed by atoms with E-state index in [9.17, 15) is 4.79 Å². The highest BCUT2D eigenvalue weighted by molar-refractivity contribution is 5.88. The normalized spacial score (nSPS) is 18.7. The molecule has 7 heteroatoms. The molecule has 1 aliphatic heterocycles. The lowest BCUT2D eigenvalue weighted by Crippen LogP contribution is -2.44. The van der Waals surface area contributed by atoms with Crippen LogP contribution in [0.3, 0.4) is 0 Å². The van der Waals surface area contributed by atoms with E-state index in [0.29, 0.717) is 24.9 Å². The maximum atomic E-state index is 12.9. The van der Waals surface area contributed by atoms with Gasteiger partial charge in [0.2, 0.25) is 0 Å². The number of nitrogens with one attached hydrogen (secondary N) is 1. The third kappa shape index (κ3) is 3.72. The topological polar surface area (TPSA) is 68.6 Å². The summed E-state index contributed by atoms with van der Waals surface area (Å²) in [5, 5.41) is 7.43. The molecule has 2 aromatic rings. The summed E-state index contributed by atoms with van der Waals surface area (Å²) in [5.74, 6) is 2.08. The Balaban J connectivity index is 1.51. The van der Waals surface area contributed by atoms with E-state index in [1.165, 1.54) is 6.42 Å². The quantitative estimate of drug-likeness (QED) is 0.892. The van der Waals surface area contributed by atoms with Gasteiger partial charge in [0.25, 0.3) is 0 Å². The standard InChI is InChI=1S/C20H26N4O3/c1-20(2)13-23(12-14-7-8-16(26-3)11-17(14)27-20)19(25)21-18-9-10-24(22-18)15-5-4-6-15/h7-11,15H,4-6,12-13H2,1-3H3,(H,21,22,25). The van der Waals surface area contributed by atoms with Gasteiger partial charge in [-0.2, -0.15) is 5.10 Å². The van der Waals surface area contributed by atoms with E-state index in [4.69, 9.17) is 9.47 Å². The number of carbonyl (C=O) groups excluding carboxylic acids is 1. The molecule has 4 rings (SSSR count). The molecule has 1 aromatic carbocycles. The molecule has 27 heavy (non-hydrogen) atoms. The number of methoxy groups -OCH3 is 1. The van der Waals surface area contributed by atoms with E-state index in [0.717, 1.165) is 29.9 Å². The summed E-state index contributed by atoms with van der Waals surface area (Å²) in [7, 11) is 1.63. The van der Waals surface area contributed by atoms with Crippen molar-refractivity contribution in [2.24, 2.45) is 0 Å². The number of amides is 2. The van der Waals surface area contributed by atoms with Crippen LogP contribution in [0.5, 0.6) is 11.5 Å². The fraction of sp³-hybridized carbons (Fsp3) is 0.500. The Hall–Kier alpha value is -2.70. The van der Waals surface area contributed by atoms with Crippen molar-refractivity contribution < 1.29 is 14.3 Å². The van der Waals surface area contributed by atoms with Gasteiger partial charge in [-0.25, -0.2) is 4.79 Å². The third-order valence-electron chi connectivity index (χ3n) is 5.17. The Labute approximate surface area is 159 Å². The van der Waals surface area contributed by atoms with Crippen LogP contribution in [0.1, 0.15) is 44.7 Å². The van der Waals surface area contributed by atoms with E-state index < -0.39 is 5.60 Å². The van der Waals surface area contributed by atoms with Crippen molar-refractivity contribution in [3.8, 4) is 11.5 Å². The van der Waals surface area contributed by atoms with Gasteiger partial charge >= 0.3 is 6.03 Å². The van der Waals surface area contributed by atoms with Gasteiger partial charge in [-0.3, -0.25) is 10.00 Å². The van der Waals surface area contributed by atoms with Gasteiger partial charge in [0, 0.05) is 23.9 Å². The monoisotopic (exact) mass is 370 g/mol. The zero-order valence-electron chi connectivity index (χ0n) is 16.1. The van der Waals surface area contributed by atoms with Gasteiger partial charge in [-0.05, 0) is 45.2 Å². The highest BCUT2D eigenvalue weighted by Gasteiger charge is 2.32. The van der Waals surface area contributed by atoms with Crippen molar-refractivity contribution in [3.63, 3.8) is 0 Å². The zero-order valence-corrected chi connectivity index (χ0v) is 16.1. The van der Waals surface area contributed by atoms with Gasteiger partial charge in [0.05, 0.1) is 26.2 Å². The number of carbonyl (C=O) groups is 1. The van der Waals surface area contributed by atoms with Crippen LogP contribution in [-0.2, 0) is 6.54 Å². The molecular formula is C20H26N4O3. The van der Waals surface area contributed by atoms with Crippen LogP contribution in [-0.4, -0.2) is 40.0 Å². The van der Waals surface area contributed by atoms with Gasteiger partial charge in [0.15, 0.2) is 5.82 Å². The first kappa shape index (κ1) is 17.7. The Morgan fingerprint density at radius 1 is 1.33 bits per heavy atom. The molecule has 0 unspecified atom stereocenters. The van der Waals surface area contributed by atoms with Crippen LogP contribution in [0.15, 0.2) is 30.5 Å². The number of fused-ring (bicyclic) bond motifs is 1. The second-order valence-corrected chi connectivity index (χ2v) is 7.89. The van der Waals surface area contributed by atoms with E-state index in [1.807, 2.05) is 49.0 Å². The van der Waals surface area contributed by atoms with E-state index in [-0.39, 0.29) is 6.03 Å². The highest BCUT2D eigenvalue weighted by atomic mass is 16.5. The van der Waals surface area contributed by atoms with Crippen molar-refractivity contribution in [1.29, 1.82) is 0 Å². The molecule has 0 atom stereocenters. The van der Waals surface area contributed by atoms with Crippen molar-refractivity contribution >= 4 is 11.8 Å². The largest absolute Gasteiger partial charge is 0.497 e. The fourth-order valence-corrected chi connectivity index (χ4v) is 3.53. The number of aromatic nitrogens is 2. The number of hydrogen-bond acceptors (Lipinski definition) is 4. The molecule has 1 fully saturated rings. The second kappa shape index (κ2) is 6.79. The number of anilines is 1. The van der Waals surface area contributed by atoms with Gasteiger partial charge < -0.3 is 14.4 Å². The molecule has 144 valence electrons. The number of nitrogens with zero attached hydrogens (tertiary/aromatic N) is 3. The first-order valence-corrected chi connectivity index (χ1v) is 9.40. The summed E-state index contributed by atoms with van der Waals surface area (Å²) in [6.07, 6.45) is 5.51. The van der Waals surface area contributed by atoms with E-state index in [1.54, 1.807) is 12.0 Å².